The summed E-state index contributed by atoms with van der Waals surface area (Å²) in [6, 6.07) is 20.6. The van der Waals surface area contributed by atoms with Gasteiger partial charge in [0.1, 0.15) is 11.3 Å². The topological polar surface area (TPSA) is 22.4 Å². The van der Waals surface area contributed by atoms with E-state index in [9.17, 15) is 0 Å². The second-order valence-electron chi connectivity index (χ2n) is 5.04. The highest BCUT2D eigenvalue weighted by molar-refractivity contribution is 6.09. The number of fused-ring (bicyclic) bond motifs is 3. The van der Waals surface area contributed by atoms with Crippen LogP contribution in [0.3, 0.4) is 0 Å². The van der Waals surface area contributed by atoms with Crippen LogP contribution in [0.25, 0.3) is 32.9 Å². The zero-order valence-corrected chi connectivity index (χ0v) is 11.7. The molecule has 1 aromatic heterocycles. The van der Waals surface area contributed by atoms with Gasteiger partial charge >= 0.3 is 0 Å². The predicted molar refractivity (Wildman–Crippen MR) is 85.7 cm³/mol. The Kier molecular flexibility index (Phi) is 2.68. The zero-order valence-electron chi connectivity index (χ0n) is 11.7. The molecule has 0 fully saturated rings. The van der Waals surface area contributed by atoms with Crippen molar-refractivity contribution < 1.29 is 9.15 Å². The maximum Gasteiger partial charge on any atom is 0.142 e. The molecule has 4 rings (SSSR count). The van der Waals surface area contributed by atoms with Crippen LogP contribution in [0.15, 0.2) is 71.3 Å². The van der Waals surface area contributed by atoms with Gasteiger partial charge in [-0.05, 0) is 29.1 Å². The molecule has 102 valence electrons. The van der Waals surface area contributed by atoms with Crippen LogP contribution >= 0.6 is 0 Å². The third-order valence-electron chi connectivity index (χ3n) is 3.87. The molecule has 2 nitrogen and oxygen atoms in total. The van der Waals surface area contributed by atoms with Gasteiger partial charge in [0.2, 0.25) is 0 Å². The highest BCUT2D eigenvalue weighted by Gasteiger charge is 2.10. The lowest BCUT2D eigenvalue weighted by Gasteiger charge is -2.02. The van der Waals surface area contributed by atoms with Gasteiger partial charge in [0.05, 0.1) is 13.4 Å². The van der Waals surface area contributed by atoms with Crippen LogP contribution in [-0.4, -0.2) is 7.11 Å². The Morgan fingerprint density at radius 1 is 0.810 bits per heavy atom. The number of ether oxygens (including phenoxy) is 1. The van der Waals surface area contributed by atoms with Gasteiger partial charge in [0, 0.05) is 16.3 Å². The Morgan fingerprint density at radius 2 is 1.62 bits per heavy atom. The summed E-state index contributed by atoms with van der Waals surface area (Å²) in [4.78, 5) is 0. The average molecular weight is 274 g/mol. The average Bonchev–Trinajstić information content (AvgIpc) is 2.99. The van der Waals surface area contributed by atoms with Gasteiger partial charge in [-0.15, -0.1) is 0 Å². The highest BCUT2D eigenvalue weighted by Crippen LogP contribution is 2.35. The molecular weight excluding hydrogens is 260 g/mol. The first-order valence-corrected chi connectivity index (χ1v) is 6.90. The van der Waals surface area contributed by atoms with E-state index in [1.165, 1.54) is 5.39 Å². The molecule has 1 heterocycles. The van der Waals surface area contributed by atoms with Gasteiger partial charge in [-0.25, -0.2) is 0 Å². The molecule has 0 aliphatic heterocycles. The van der Waals surface area contributed by atoms with E-state index in [0.717, 1.165) is 33.2 Å². The maximum atomic E-state index is 5.84. The van der Waals surface area contributed by atoms with Crippen molar-refractivity contribution in [2.75, 3.05) is 7.11 Å². The number of methoxy groups -OCH3 is 1. The largest absolute Gasteiger partial charge is 0.497 e. The Morgan fingerprint density at radius 3 is 2.43 bits per heavy atom. The lowest BCUT2D eigenvalue weighted by Crippen LogP contribution is -1.82. The smallest absolute Gasteiger partial charge is 0.142 e. The van der Waals surface area contributed by atoms with Crippen LogP contribution in [0.2, 0.25) is 0 Å². The fourth-order valence-corrected chi connectivity index (χ4v) is 2.76. The monoisotopic (exact) mass is 274 g/mol. The van der Waals surface area contributed by atoms with Crippen LogP contribution in [0.1, 0.15) is 0 Å². The van der Waals surface area contributed by atoms with Crippen LogP contribution in [-0.2, 0) is 0 Å². The molecule has 0 aliphatic rings. The summed E-state index contributed by atoms with van der Waals surface area (Å²) < 4.78 is 11.1. The highest BCUT2D eigenvalue weighted by atomic mass is 16.5. The normalized spacial score (nSPS) is 11.1. The van der Waals surface area contributed by atoms with Crippen molar-refractivity contribution in [3.63, 3.8) is 0 Å². The van der Waals surface area contributed by atoms with Crippen molar-refractivity contribution in [1.82, 2.24) is 0 Å². The molecule has 0 amide bonds. The van der Waals surface area contributed by atoms with Crippen molar-refractivity contribution in [3.05, 3.63) is 66.9 Å². The molecule has 0 bridgehead atoms. The SMILES string of the molecule is COc1ccc(-c2coc3c2ccc2ccccc23)cc1. The molecule has 0 aliphatic carbocycles. The Balaban J connectivity index is 1.95. The molecule has 0 unspecified atom stereocenters. The minimum absolute atomic E-state index is 0.858. The number of rotatable bonds is 2. The molecule has 0 saturated carbocycles. The maximum absolute atomic E-state index is 5.84. The second-order valence-corrected chi connectivity index (χ2v) is 5.04. The molecule has 0 spiro atoms. The molecule has 0 saturated heterocycles. The molecular formula is C19H14O2. The second kappa shape index (κ2) is 4.67. The van der Waals surface area contributed by atoms with E-state index in [1.807, 2.05) is 30.5 Å². The summed E-state index contributed by atoms with van der Waals surface area (Å²) in [6.07, 6.45) is 1.83. The fourth-order valence-electron chi connectivity index (χ4n) is 2.76. The Labute approximate surface area is 122 Å². The first-order chi connectivity index (χ1) is 10.4. The third kappa shape index (κ3) is 1.88. The molecule has 3 aromatic carbocycles. The van der Waals surface area contributed by atoms with Gasteiger partial charge in [-0.1, -0.05) is 42.5 Å². The van der Waals surface area contributed by atoms with E-state index in [4.69, 9.17) is 9.15 Å². The zero-order chi connectivity index (χ0) is 14.2. The minimum atomic E-state index is 0.858. The van der Waals surface area contributed by atoms with Gasteiger partial charge in [0.25, 0.3) is 0 Å². The summed E-state index contributed by atoms with van der Waals surface area (Å²) in [7, 11) is 1.67. The summed E-state index contributed by atoms with van der Waals surface area (Å²) in [5.41, 5.74) is 3.18. The van der Waals surface area contributed by atoms with E-state index in [1.54, 1.807) is 7.11 Å². The quantitative estimate of drug-likeness (QED) is 0.497. The van der Waals surface area contributed by atoms with Gasteiger partial charge < -0.3 is 9.15 Å². The van der Waals surface area contributed by atoms with E-state index in [-0.39, 0.29) is 0 Å². The van der Waals surface area contributed by atoms with Gasteiger partial charge in [0.15, 0.2) is 0 Å². The number of furan rings is 1. The van der Waals surface area contributed by atoms with Crippen LogP contribution in [0, 0.1) is 0 Å². The van der Waals surface area contributed by atoms with E-state index in [0.29, 0.717) is 0 Å². The van der Waals surface area contributed by atoms with E-state index >= 15 is 0 Å². The molecule has 21 heavy (non-hydrogen) atoms. The molecule has 0 radical (unpaired) electrons. The van der Waals surface area contributed by atoms with Crippen LogP contribution in [0.4, 0.5) is 0 Å². The van der Waals surface area contributed by atoms with Crippen molar-refractivity contribution >= 4 is 21.7 Å². The summed E-state index contributed by atoms with van der Waals surface area (Å²) in [6.45, 7) is 0. The lowest BCUT2D eigenvalue weighted by molar-refractivity contribution is 0.415. The van der Waals surface area contributed by atoms with Crippen LogP contribution in [0.5, 0.6) is 5.75 Å². The summed E-state index contributed by atoms with van der Waals surface area (Å²) in [5.74, 6) is 0.858. The molecule has 0 atom stereocenters. The van der Waals surface area contributed by atoms with E-state index in [2.05, 4.69) is 36.4 Å². The number of hydrogen-bond donors (Lipinski definition) is 0. The first-order valence-electron chi connectivity index (χ1n) is 6.90. The Hall–Kier alpha value is -2.74. The molecule has 0 N–H and O–H groups in total. The fraction of sp³-hybridized carbons (Fsp3) is 0.0526. The first kappa shape index (κ1) is 12.0. The molecule has 4 aromatic rings. The van der Waals surface area contributed by atoms with Crippen molar-refractivity contribution in [2.45, 2.75) is 0 Å². The summed E-state index contributed by atoms with van der Waals surface area (Å²) >= 11 is 0. The number of benzene rings is 3. The van der Waals surface area contributed by atoms with Crippen LogP contribution < -0.4 is 4.74 Å². The van der Waals surface area contributed by atoms with Crippen molar-refractivity contribution in [3.8, 4) is 16.9 Å². The van der Waals surface area contributed by atoms with Crippen molar-refractivity contribution in [2.24, 2.45) is 0 Å². The van der Waals surface area contributed by atoms with Gasteiger partial charge in [-0.3, -0.25) is 0 Å². The predicted octanol–water partition coefficient (Wildman–Crippen LogP) is 5.26. The third-order valence-corrected chi connectivity index (χ3v) is 3.87. The Bertz CT molecular complexity index is 917. The van der Waals surface area contributed by atoms with Crippen molar-refractivity contribution in [1.29, 1.82) is 0 Å². The lowest BCUT2D eigenvalue weighted by atomic mass is 10.0. The van der Waals surface area contributed by atoms with E-state index < -0.39 is 0 Å². The standard InChI is InChI=1S/C19H14O2/c1-20-15-9-6-14(7-10-15)18-12-21-19-16-5-3-2-4-13(16)8-11-17(18)19/h2-12H,1H3. The number of hydrogen-bond acceptors (Lipinski definition) is 2. The summed E-state index contributed by atoms with van der Waals surface area (Å²) in [5, 5.41) is 3.48. The minimum Gasteiger partial charge on any atom is -0.497 e. The van der Waals surface area contributed by atoms with Gasteiger partial charge in [-0.2, -0.15) is 0 Å². The molecule has 2 heteroatoms.